The summed E-state index contributed by atoms with van der Waals surface area (Å²) in [6.45, 7) is 3.83. The normalized spacial score (nSPS) is 19.8. The van der Waals surface area contributed by atoms with Gasteiger partial charge in [-0.1, -0.05) is 23.0 Å². The van der Waals surface area contributed by atoms with Crippen molar-refractivity contribution in [3.63, 3.8) is 0 Å². The summed E-state index contributed by atoms with van der Waals surface area (Å²) in [6, 6.07) is 2.88. The Balaban J connectivity index is 1.48. The van der Waals surface area contributed by atoms with E-state index >= 15 is 0 Å². The molecule has 0 aromatic carbocycles. The number of nitrogens with two attached hydrogens (primary N) is 1. The van der Waals surface area contributed by atoms with E-state index in [0.29, 0.717) is 10.7 Å². The molecule has 11 nitrogen and oxygen atoms in total. The van der Waals surface area contributed by atoms with Gasteiger partial charge in [-0.2, -0.15) is 0 Å². The minimum Gasteiger partial charge on any atom is -0.477 e. The van der Waals surface area contributed by atoms with Crippen LogP contribution in [-0.2, 0) is 19.2 Å². The topological polar surface area (TPSA) is 160 Å². The van der Waals surface area contributed by atoms with E-state index in [1.807, 2.05) is 25.1 Å². The van der Waals surface area contributed by atoms with Crippen molar-refractivity contribution >= 4 is 69.6 Å². The first-order chi connectivity index (χ1) is 17.3. The minimum absolute atomic E-state index is 0.0820. The fraction of sp³-hybridized carbons (Fsp3) is 0.273. The molecule has 2 aliphatic heterocycles. The molecule has 0 radical (unpaired) electrons. The number of nitrogens with one attached hydrogen (secondary N) is 1. The average molecular weight is 547 g/mol. The largest absolute Gasteiger partial charge is 0.477 e. The summed E-state index contributed by atoms with van der Waals surface area (Å²) in [7, 11) is 0. The Morgan fingerprint density at radius 2 is 2.25 bits per heavy atom. The lowest BCUT2D eigenvalue weighted by molar-refractivity contribution is -0.150. The van der Waals surface area contributed by atoms with Crippen molar-refractivity contribution in [2.45, 2.75) is 25.3 Å². The number of hydrogen-bond donors (Lipinski definition) is 3. The molecule has 2 aromatic rings. The summed E-state index contributed by atoms with van der Waals surface area (Å²) < 4.78 is 0. The van der Waals surface area contributed by atoms with Crippen LogP contribution in [0.15, 0.2) is 44.9 Å². The number of oxime groups is 1. The Morgan fingerprint density at radius 3 is 2.89 bits per heavy atom. The number of aliphatic carboxylic acids is 1. The summed E-state index contributed by atoms with van der Waals surface area (Å²) in [5, 5.41) is 19.3. The van der Waals surface area contributed by atoms with E-state index < -0.39 is 29.2 Å². The lowest BCUT2D eigenvalue weighted by Crippen LogP contribution is -2.71. The number of hydrogen-bond acceptors (Lipinski definition) is 11. The van der Waals surface area contributed by atoms with Gasteiger partial charge in [-0.15, -0.1) is 23.1 Å². The highest BCUT2D eigenvalue weighted by Crippen LogP contribution is 2.43. The molecule has 4 N–H and O–H groups in total. The highest BCUT2D eigenvalue weighted by molar-refractivity contribution is 8.08. The first kappa shape index (κ1) is 25.7. The summed E-state index contributed by atoms with van der Waals surface area (Å²) >= 11 is 3.75. The molecular formula is C22H22N6O5S3. The molecule has 4 heterocycles. The molecule has 2 atom stereocenters. The van der Waals surface area contributed by atoms with Gasteiger partial charge in [-0.05, 0) is 37.0 Å². The Labute approximate surface area is 218 Å². The molecule has 0 aliphatic carbocycles. The number of nitrogen functional groups attached to an aromatic ring is 1. The van der Waals surface area contributed by atoms with Gasteiger partial charge in [-0.25, -0.2) is 9.78 Å². The van der Waals surface area contributed by atoms with Crippen LogP contribution < -0.4 is 11.1 Å². The third kappa shape index (κ3) is 5.39. The zero-order valence-electron chi connectivity index (χ0n) is 19.2. The van der Waals surface area contributed by atoms with Crippen molar-refractivity contribution in [2.75, 3.05) is 18.1 Å². The SMILES string of the molecule is CCO/N=C(/C(=O)NC1C(=O)N2C(C(=O)O)=C(S/C=C\c3ccc(C)nc3)CS[C@H]12)c1csc(N)n1. The van der Waals surface area contributed by atoms with Gasteiger partial charge in [0.05, 0.1) is 0 Å². The maximum absolute atomic E-state index is 13.0. The van der Waals surface area contributed by atoms with Crippen LogP contribution in [0.5, 0.6) is 0 Å². The van der Waals surface area contributed by atoms with Crippen LogP contribution in [0.25, 0.3) is 6.08 Å². The Bertz CT molecular complexity index is 1270. The number of nitrogens with zero attached hydrogens (tertiary/aromatic N) is 4. The van der Waals surface area contributed by atoms with Crippen LogP contribution in [-0.4, -0.2) is 67.2 Å². The molecule has 14 heteroatoms. The molecule has 2 aliphatic rings. The minimum atomic E-state index is -1.21. The zero-order chi connectivity index (χ0) is 25.8. The van der Waals surface area contributed by atoms with Crippen LogP contribution in [0.3, 0.4) is 0 Å². The number of carboxylic acids is 1. The predicted molar refractivity (Wildman–Crippen MR) is 140 cm³/mol. The molecule has 188 valence electrons. The van der Waals surface area contributed by atoms with Gasteiger partial charge >= 0.3 is 5.97 Å². The first-order valence-corrected chi connectivity index (χ1v) is 13.5. The lowest BCUT2D eigenvalue weighted by atomic mass is 10.0. The molecule has 2 aromatic heterocycles. The highest BCUT2D eigenvalue weighted by Gasteiger charge is 2.54. The van der Waals surface area contributed by atoms with E-state index in [4.69, 9.17) is 10.6 Å². The highest BCUT2D eigenvalue weighted by atomic mass is 32.2. The third-order valence-electron chi connectivity index (χ3n) is 5.09. The molecule has 4 rings (SSSR count). The van der Waals surface area contributed by atoms with Crippen LogP contribution in [0.2, 0.25) is 0 Å². The third-order valence-corrected chi connectivity index (χ3v) is 8.12. The number of carbonyl (C=O) groups is 3. The van der Waals surface area contributed by atoms with Crippen LogP contribution in [0, 0.1) is 6.92 Å². The number of fused-ring (bicyclic) bond motifs is 1. The molecule has 0 saturated carbocycles. The summed E-state index contributed by atoms with van der Waals surface area (Å²) in [6.07, 6.45) is 3.55. The molecule has 1 unspecified atom stereocenters. The van der Waals surface area contributed by atoms with Gasteiger partial charge in [-0.3, -0.25) is 19.5 Å². The van der Waals surface area contributed by atoms with Gasteiger partial charge in [0.25, 0.3) is 11.8 Å². The van der Waals surface area contributed by atoms with E-state index in [1.54, 1.807) is 23.9 Å². The van der Waals surface area contributed by atoms with E-state index in [0.717, 1.165) is 22.6 Å². The van der Waals surface area contributed by atoms with Crippen LogP contribution >= 0.6 is 34.9 Å². The number of aryl methyl sites for hydroxylation is 1. The smallest absolute Gasteiger partial charge is 0.353 e. The molecule has 2 amide bonds. The second kappa shape index (κ2) is 11.1. The van der Waals surface area contributed by atoms with E-state index in [1.165, 1.54) is 28.4 Å². The Kier molecular flexibility index (Phi) is 7.96. The second-order valence-corrected chi connectivity index (χ2v) is 10.5. The maximum Gasteiger partial charge on any atom is 0.353 e. The number of anilines is 1. The summed E-state index contributed by atoms with van der Waals surface area (Å²) in [5.74, 6) is -2.02. The first-order valence-electron chi connectivity index (χ1n) is 10.7. The predicted octanol–water partition coefficient (Wildman–Crippen LogP) is 2.27. The van der Waals surface area contributed by atoms with E-state index in [9.17, 15) is 19.5 Å². The molecular weight excluding hydrogens is 524 g/mol. The molecule has 0 bridgehead atoms. The van der Waals surface area contributed by atoms with E-state index in [-0.39, 0.29) is 28.8 Å². The standard InChI is InChI=1S/C22H22N6O5S3/c1-3-33-27-15(13-9-36-22(23)25-13)18(29)26-16-19(30)28-17(21(31)32)14(10-35-20(16)28)34-7-6-12-5-4-11(2)24-8-12/h4-9,16,20H,3,10H2,1-2H3,(H2,23,25)(H,26,29)(H,31,32)/b7-6-,27-15+/t16?,20-/m1/s1. The lowest BCUT2D eigenvalue weighted by Gasteiger charge is -2.49. The van der Waals surface area contributed by atoms with Crippen molar-refractivity contribution < 1.29 is 24.3 Å². The second-order valence-electron chi connectivity index (χ2n) is 7.52. The fourth-order valence-electron chi connectivity index (χ4n) is 3.39. The van der Waals surface area contributed by atoms with Gasteiger partial charge < -0.3 is 21.0 Å². The maximum atomic E-state index is 13.0. The number of carbonyl (C=O) groups excluding carboxylic acids is 2. The van der Waals surface area contributed by atoms with E-state index in [2.05, 4.69) is 20.4 Å². The van der Waals surface area contributed by atoms with Crippen molar-refractivity contribution in [1.82, 2.24) is 20.2 Å². The average Bonchev–Trinajstić information content (AvgIpc) is 3.29. The quantitative estimate of drug-likeness (QED) is 0.242. The summed E-state index contributed by atoms with van der Waals surface area (Å²) in [5.41, 5.74) is 7.47. The summed E-state index contributed by atoms with van der Waals surface area (Å²) in [4.78, 5) is 53.0. The van der Waals surface area contributed by atoms with Gasteiger partial charge in [0.15, 0.2) is 10.8 Å². The zero-order valence-corrected chi connectivity index (χ0v) is 21.7. The van der Waals surface area contributed by atoms with Crippen LogP contribution in [0.4, 0.5) is 5.13 Å². The van der Waals surface area contributed by atoms with Crippen molar-refractivity contribution in [3.05, 3.63) is 56.7 Å². The fourth-order valence-corrected chi connectivity index (χ4v) is 6.30. The molecule has 36 heavy (non-hydrogen) atoms. The molecule has 1 saturated heterocycles. The molecule has 0 spiro atoms. The number of amides is 2. The van der Waals surface area contributed by atoms with Crippen molar-refractivity contribution in [1.29, 1.82) is 0 Å². The Morgan fingerprint density at radius 1 is 1.44 bits per heavy atom. The number of pyridine rings is 1. The number of rotatable bonds is 9. The number of thioether (sulfide) groups is 2. The number of carboxylic acid groups (broad SMARTS) is 1. The van der Waals surface area contributed by atoms with Gasteiger partial charge in [0, 0.05) is 27.9 Å². The van der Waals surface area contributed by atoms with Crippen LogP contribution in [0.1, 0.15) is 23.9 Å². The van der Waals surface area contributed by atoms with Gasteiger partial charge in [0.2, 0.25) is 0 Å². The van der Waals surface area contributed by atoms with Crippen molar-refractivity contribution in [3.8, 4) is 0 Å². The monoisotopic (exact) mass is 546 g/mol. The number of aromatic nitrogens is 2. The van der Waals surface area contributed by atoms with Crippen molar-refractivity contribution in [2.24, 2.45) is 5.16 Å². The Hall–Kier alpha value is -3.36. The number of β-lactam (4-membered cyclic amide) rings is 1. The van der Waals surface area contributed by atoms with Gasteiger partial charge in [0.1, 0.15) is 29.4 Å². The molecule has 1 fully saturated rings. The number of thiazole rings is 1.